The number of carbonyl (C=O) groups is 1. The van der Waals surface area contributed by atoms with Crippen molar-refractivity contribution in [2.24, 2.45) is 0 Å². The minimum absolute atomic E-state index is 0.0878. The van der Waals surface area contributed by atoms with Crippen LogP contribution in [-0.4, -0.2) is 15.9 Å². The van der Waals surface area contributed by atoms with Gasteiger partial charge < -0.3 is 10.6 Å². The van der Waals surface area contributed by atoms with Gasteiger partial charge in [0.15, 0.2) is 5.13 Å². The Morgan fingerprint density at radius 3 is 2.84 bits per heavy atom. The van der Waals surface area contributed by atoms with Crippen LogP contribution in [0.5, 0.6) is 0 Å². The Balaban J connectivity index is 1.61. The minimum Gasteiger partial charge on any atom is -0.325 e. The zero-order valence-corrected chi connectivity index (χ0v) is 15.4. The van der Waals surface area contributed by atoms with E-state index < -0.39 is 0 Å². The lowest BCUT2D eigenvalue weighted by atomic mass is 10.1. The molecule has 0 atom stereocenters. The zero-order valence-electron chi connectivity index (χ0n) is 13.8. The van der Waals surface area contributed by atoms with Crippen molar-refractivity contribution in [2.45, 2.75) is 20.3 Å². The Morgan fingerprint density at radius 1 is 1.24 bits per heavy atom. The van der Waals surface area contributed by atoms with E-state index in [1.165, 1.54) is 11.3 Å². The van der Waals surface area contributed by atoms with Crippen molar-refractivity contribution >= 4 is 45.5 Å². The number of nitrogens with zero attached hydrogens (tertiary/aromatic N) is 2. The van der Waals surface area contributed by atoms with Crippen LogP contribution in [0.1, 0.15) is 16.8 Å². The third-order valence-electron chi connectivity index (χ3n) is 3.73. The maximum Gasteiger partial charge on any atom is 0.230 e. The molecule has 0 aliphatic heterocycles. The summed E-state index contributed by atoms with van der Waals surface area (Å²) in [5, 5.41) is 9.16. The van der Waals surface area contributed by atoms with Gasteiger partial charge in [0.25, 0.3) is 0 Å². The second-order valence-corrected chi connectivity index (χ2v) is 6.90. The Kier molecular flexibility index (Phi) is 5.31. The van der Waals surface area contributed by atoms with E-state index in [-0.39, 0.29) is 12.3 Å². The molecule has 1 aromatic carbocycles. The lowest BCUT2D eigenvalue weighted by Crippen LogP contribution is -2.15. The van der Waals surface area contributed by atoms with E-state index in [9.17, 15) is 4.79 Å². The lowest BCUT2D eigenvalue weighted by molar-refractivity contribution is -0.115. The van der Waals surface area contributed by atoms with Crippen molar-refractivity contribution in [1.82, 2.24) is 9.97 Å². The highest BCUT2D eigenvalue weighted by Gasteiger charge is 2.10. The molecule has 0 radical (unpaired) electrons. The highest BCUT2D eigenvalue weighted by Crippen LogP contribution is 2.22. The molecule has 0 fully saturated rings. The molecule has 0 unspecified atom stereocenters. The fraction of sp³-hybridized carbons (Fsp3) is 0.167. The summed E-state index contributed by atoms with van der Waals surface area (Å²) in [6, 6.07) is 9.39. The Hall–Kier alpha value is -2.44. The molecule has 25 heavy (non-hydrogen) atoms. The monoisotopic (exact) mass is 372 g/mol. The van der Waals surface area contributed by atoms with Crippen molar-refractivity contribution in [3.05, 3.63) is 63.8 Å². The molecular weight excluding hydrogens is 356 g/mol. The summed E-state index contributed by atoms with van der Waals surface area (Å²) in [5.41, 5.74) is 3.77. The SMILES string of the molecule is Cc1cccc(NC(=O)Cc2csc(Nc3ccc(Cl)cn3)n2)c1C. The van der Waals surface area contributed by atoms with E-state index in [4.69, 9.17) is 11.6 Å². The number of nitrogens with one attached hydrogen (secondary N) is 2. The fourth-order valence-electron chi connectivity index (χ4n) is 2.25. The lowest BCUT2D eigenvalue weighted by Gasteiger charge is -2.09. The van der Waals surface area contributed by atoms with Crippen LogP contribution in [0.4, 0.5) is 16.6 Å². The Morgan fingerprint density at radius 2 is 2.08 bits per heavy atom. The molecule has 3 aromatic rings. The first-order valence-corrected chi connectivity index (χ1v) is 8.96. The number of amides is 1. The molecule has 1 amide bonds. The molecule has 7 heteroatoms. The molecule has 2 N–H and O–H groups in total. The molecule has 0 spiro atoms. The van der Waals surface area contributed by atoms with Crippen molar-refractivity contribution in [3.8, 4) is 0 Å². The third-order valence-corrected chi connectivity index (χ3v) is 4.76. The molecule has 3 rings (SSSR count). The van der Waals surface area contributed by atoms with Crippen molar-refractivity contribution in [1.29, 1.82) is 0 Å². The largest absolute Gasteiger partial charge is 0.325 e. The first-order chi connectivity index (χ1) is 12.0. The minimum atomic E-state index is -0.0878. The predicted octanol–water partition coefficient (Wildman–Crippen LogP) is 4.73. The van der Waals surface area contributed by atoms with Crippen molar-refractivity contribution < 1.29 is 4.79 Å². The molecular formula is C18H17ClN4OS. The van der Waals surface area contributed by atoms with Crippen LogP contribution >= 0.6 is 22.9 Å². The topological polar surface area (TPSA) is 66.9 Å². The molecule has 128 valence electrons. The predicted molar refractivity (Wildman–Crippen MR) is 103 cm³/mol. The van der Waals surface area contributed by atoms with Crippen LogP contribution in [0.3, 0.4) is 0 Å². The number of aromatic nitrogens is 2. The summed E-state index contributed by atoms with van der Waals surface area (Å²) >= 11 is 7.24. The average molecular weight is 373 g/mol. The van der Waals surface area contributed by atoms with Crippen LogP contribution < -0.4 is 10.6 Å². The number of benzene rings is 1. The standard InChI is InChI=1S/C18H17ClN4OS/c1-11-4-3-5-15(12(11)2)22-17(24)8-14-10-25-18(21-14)23-16-7-6-13(19)9-20-16/h3-7,9-10H,8H2,1-2H3,(H,22,24)(H,20,21,23). The van der Waals surface area contributed by atoms with Gasteiger partial charge in [0.1, 0.15) is 5.82 Å². The first-order valence-electron chi connectivity index (χ1n) is 7.70. The normalized spacial score (nSPS) is 10.5. The molecule has 2 aromatic heterocycles. The van der Waals surface area contributed by atoms with Gasteiger partial charge in [-0.05, 0) is 43.2 Å². The van der Waals surface area contributed by atoms with Gasteiger partial charge in [0.2, 0.25) is 5.91 Å². The van der Waals surface area contributed by atoms with Gasteiger partial charge in [-0.25, -0.2) is 9.97 Å². The molecule has 0 saturated heterocycles. The van der Waals surface area contributed by atoms with Gasteiger partial charge in [-0.2, -0.15) is 0 Å². The number of hydrogen-bond acceptors (Lipinski definition) is 5. The van der Waals surface area contributed by atoms with E-state index in [0.29, 0.717) is 21.7 Å². The van der Waals surface area contributed by atoms with Crippen LogP contribution in [0.2, 0.25) is 5.02 Å². The van der Waals surface area contributed by atoms with Gasteiger partial charge in [-0.15, -0.1) is 11.3 Å². The second-order valence-electron chi connectivity index (χ2n) is 5.60. The molecule has 0 aliphatic rings. The number of aryl methyl sites for hydroxylation is 1. The van der Waals surface area contributed by atoms with E-state index in [0.717, 1.165) is 16.8 Å². The number of rotatable bonds is 5. The van der Waals surface area contributed by atoms with Gasteiger partial charge in [-0.3, -0.25) is 4.79 Å². The molecule has 0 saturated carbocycles. The Labute approximate surface area is 155 Å². The number of pyridine rings is 1. The summed E-state index contributed by atoms with van der Waals surface area (Å²) < 4.78 is 0. The Bertz CT molecular complexity index is 892. The van der Waals surface area contributed by atoms with E-state index in [2.05, 4.69) is 20.6 Å². The summed E-state index contributed by atoms with van der Waals surface area (Å²) in [6.45, 7) is 4.02. The highest BCUT2D eigenvalue weighted by atomic mass is 35.5. The van der Waals surface area contributed by atoms with E-state index in [1.54, 1.807) is 18.3 Å². The number of carbonyl (C=O) groups excluding carboxylic acids is 1. The second kappa shape index (κ2) is 7.63. The van der Waals surface area contributed by atoms with Crippen LogP contribution in [-0.2, 0) is 11.2 Å². The quantitative estimate of drug-likeness (QED) is 0.679. The van der Waals surface area contributed by atoms with Crippen molar-refractivity contribution in [3.63, 3.8) is 0 Å². The molecule has 5 nitrogen and oxygen atoms in total. The third kappa shape index (κ3) is 4.55. The van der Waals surface area contributed by atoms with E-state index >= 15 is 0 Å². The van der Waals surface area contributed by atoms with Crippen LogP contribution in [0, 0.1) is 13.8 Å². The van der Waals surface area contributed by atoms with Gasteiger partial charge in [0.05, 0.1) is 17.1 Å². The first kappa shape index (κ1) is 17.4. The number of halogens is 1. The summed E-state index contributed by atoms with van der Waals surface area (Å²) in [5.74, 6) is 0.570. The molecule has 0 aliphatic carbocycles. The van der Waals surface area contributed by atoms with Crippen LogP contribution in [0.15, 0.2) is 41.9 Å². The number of hydrogen-bond donors (Lipinski definition) is 2. The maximum absolute atomic E-state index is 12.3. The number of anilines is 3. The van der Waals surface area contributed by atoms with Gasteiger partial charge in [0, 0.05) is 17.3 Å². The smallest absolute Gasteiger partial charge is 0.230 e. The number of thiazole rings is 1. The van der Waals surface area contributed by atoms with E-state index in [1.807, 2.05) is 37.4 Å². The molecule has 2 heterocycles. The summed E-state index contributed by atoms with van der Waals surface area (Å²) in [6.07, 6.45) is 1.79. The summed E-state index contributed by atoms with van der Waals surface area (Å²) in [4.78, 5) is 20.8. The average Bonchev–Trinajstić information content (AvgIpc) is 3.01. The zero-order chi connectivity index (χ0) is 17.8. The maximum atomic E-state index is 12.3. The summed E-state index contributed by atoms with van der Waals surface area (Å²) in [7, 11) is 0. The van der Waals surface area contributed by atoms with Crippen LogP contribution in [0.25, 0.3) is 0 Å². The van der Waals surface area contributed by atoms with Crippen molar-refractivity contribution in [2.75, 3.05) is 10.6 Å². The van der Waals surface area contributed by atoms with Gasteiger partial charge >= 0.3 is 0 Å². The molecule has 0 bridgehead atoms. The fourth-order valence-corrected chi connectivity index (χ4v) is 3.08. The highest BCUT2D eigenvalue weighted by molar-refractivity contribution is 7.13. The van der Waals surface area contributed by atoms with Gasteiger partial charge in [-0.1, -0.05) is 23.7 Å².